The van der Waals surface area contributed by atoms with Crippen LogP contribution in [0.4, 0.5) is 0 Å². The molecule has 3 aliphatic heterocycles. The summed E-state index contributed by atoms with van der Waals surface area (Å²) in [4.78, 5) is 41.6. The van der Waals surface area contributed by atoms with E-state index in [4.69, 9.17) is 4.74 Å². The van der Waals surface area contributed by atoms with Gasteiger partial charge in [0.05, 0.1) is 17.9 Å². The van der Waals surface area contributed by atoms with E-state index >= 15 is 0 Å². The predicted octanol–water partition coefficient (Wildman–Crippen LogP) is 1.53. The van der Waals surface area contributed by atoms with Gasteiger partial charge < -0.3 is 20.3 Å². The first-order valence-electron chi connectivity index (χ1n) is 11.3. The van der Waals surface area contributed by atoms with E-state index in [0.29, 0.717) is 6.54 Å². The fourth-order valence-electron chi connectivity index (χ4n) is 5.91. The summed E-state index contributed by atoms with van der Waals surface area (Å²) < 4.78 is 6.29. The van der Waals surface area contributed by atoms with Crippen LogP contribution in [0.25, 0.3) is 0 Å². The van der Waals surface area contributed by atoms with Crippen LogP contribution in [0.2, 0.25) is 0 Å². The highest BCUT2D eigenvalue weighted by atomic mass is 16.5. The van der Waals surface area contributed by atoms with Gasteiger partial charge in [-0.3, -0.25) is 14.4 Å². The molecule has 4 aliphatic rings. The number of amides is 3. The molecule has 1 aromatic carbocycles. The summed E-state index contributed by atoms with van der Waals surface area (Å²) in [5.74, 6) is -1.89. The molecule has 1 aliphatic carbocycles. The second-order valence-corrected chi connectivity index (χ2v) is 9.11. The zero-order valence-electron chi connectivity index (χ0n) is 17.8. The fraction of sp³-hybridized carbons (Fsp3) is 0.542. The van der Waals surface area contributed by atoms with Crippen molar-refractivity contribution in [2.45, 2.75) is 62.4 Å². The van der Waals surface area contributed by atoms with E-state index < -0.39 is 29.6 Å². The third-order valence-electron chi connectivity index (χ3n) is 7.32. The van der Waals surface area contributed by atoms with Crippen molar-refractivity contribution in [2.75, 3.05) is 7.05 Å². The number of likely N-dealkylation sites (tertiary alicyclic amines) is 1. The molecule has 2 bridgehead atoms. The first-order valence-corrected chi connectivity index (χ1v) is 11.3. The van der Waals surface area contributed by atoms with Crippen LogP contribution in [0.3, 0.4) is 0 Å². The molecule has 1 saturated carbocycles. The summed E-state index contributed by atoms with van der Waals surface area (Å²) in [6, 6.07) is 8.98. The normalized spacial score (nSPS) is 34.1. The van der Waals surface area contributed by atoms with Gasteiger partial charge >= 0.3 is 0 Å². The number of fused-ring (bicyclic) bond motifs is 1. The number of rotatable bonds is 5. The van der Waals surface area contributed by atoms with Crippen molar-refractivity contribution in [1.82, 2.24) is 15.5 Å². The number of carbonyl (C=O) groups is 3. The molecule has 3 fully saturated rings. The Kier molecular flexibility index (Phi) is 5.08. The lowest BCUT2D eigenvalue weighted by molar-refractivity contribution is -0.142. The van der Waals surface area contributed by atoms with Gasteiger partial charge in [-0.1, -0.05) is 61.7 Å². The van der Waals surface area contributed by atoms with E-state index in [1.165, 1.54) is 6.42 Å². The number of ether oxygens (including phenoxy) is 1. The summed E-state index contributed by atoms with van der Waals surface area (Å²) in [5.41, 5.74) is -0.148. The zero-order valence-corrected chi connectivity index (χ0v) is 17.8. The highest BCUT2D eigenvalue weighted by Gasteiger charge is 2.72. The maximum atomic E-state index is 13.7. The van der Waals surface area contributed by atoms with Crippen LogP contribution >= 0.6 is 0 Å². The smallest absolute Gasteiger partial charge is 0.246 e. The molecule has 0 radical (unpaired) electrons. The van der Waals surface area contributed by atoms with Crippen molar-refractivity contribution < 1.29 is 19.1 Å². The van der Waals surface area contributed by atoms with E-state index in [1.807, 2.05) is 42.5 Å². The Balaban J connectivity index is 1.50. The fourth-order valence-corrected chi connectivity index (χ4v) is 5.91. The third-order valence-corrected chi connectivity index (χ3v) is 7.32. The van der Waals surface area contributed by atoms with Crippen LogP contribution in [-0.4, -0.2) is 53.5 Å². The van der Waals surface area contributed by atoms with Gasteiger partial charge in [-0.05, 0) is 18.4 Å². The average molecular weight is 424 g/mol. The minimum absolute atomic E-state index is 0.127. The lowest BCUT2D eigenvalue weighted by Crippen LogP contribution is -2.56. The molecule has 7 heteroatoms. The average Bonchev–Trinajstić information content (AvgIpc) is 3.42. The van der Waals surface area contributed by atoms with Gasteiger partial charge in [-0.25, -0.2) is 0 Å². The Hall–Kier alpha value is -2.67. The summed E-state index contributed by atoms with van der Waals surface area (Å²) >= 11 is 0. The van der Waals surface area contributed by atoms with Gasteiger partial charge in [0.15, 0.2) is 0 Å². The van der Waals surface area contributed by atoms with E-state index in [2.05, 4.69) is 10.6 Å². The van der Waals surface area contributed by atoms with Crippen molar-refractivity contribution in [3.8, 4) is 0 Å². The topological polar surface area (TPSA) is 87.7 Å². The standard InChI is InChI=1S/C24H29N3O4/c1-25-21(28)18-17-12-13-24(31-17)19(18)23(30)27(14-15-8-4-2-5-9-15)20(24)22(29)26-16-10-6-3-7-11-16/h2,4-5,8-9,12-13,16-20H,3,6-7,10-11,14H2,1H3,(H,25,28)(H,26,29)/t17-,18+,19+,20-,24+/m1/s1. The Morgan fingerprint density at radius 1 is 1.13 bits per heavy atom. The van der Waals surface area contributed by atoms with Gasteiger partial charge in [0.25, 0.3) is 0 Å². The summed E-state index contributed by atoms with van der Waals surface area (Å²) in [7, 11) is 1.57. The molecule has 5 atom stereocenters. The number of hydrogen-bond acceptors (Lipinski definition) is 4. The molecule has 31 heavy (non-hydrogen) atoms. The molecule has 3 heterocycles. The van der Waals surface area contributed by atoms with Crippen molar-refractivity contribution in [1.29, 1.82) is 0 Å². The molecule has 164 valence electrons. The molecular formula is C24H29N3O4. The van der Waals surface area contributed by atoms with Crippen LogP contribution in [0.15, 0.2) is 42.5 Å². The SMILES string of the molecule is CNC(=O)[C@@H]1[C@H]2C(=O)N(Cc3ccccc3)[C@H](C(=O)NC3CCCCC3)[C@]23C=C[C@H]1O3. The molecule has 1 aromatic rings. The first kappa shape index (κ1) is 20.2. The highest BCUT2D eigenvalue weighted by Crippen LogP contribution is 2.55. The molecule has 2 saturated heterocycles. The van der Waals surface area contributed by atoms with E-state index in [9.17, 15) is 14.4 Å². The maximum Gasteiger partial charge on any atom is 0.246 e. The van der Waals surface area contributed by atoms with Crippen LogP contribution in [0.1, 0.15) is 37.7 Å². The largest absolute Gasteiger partial charge is 0.359 e. The van der Waals surface area contributed by atoms with Gasteiger partial charge in [0.1, 0.15) is 11.6 Å². The van der Waals surface area contributed by atoms with Crippen molar-refractivity contribution in [3.63, 3.8) is 0 Å². The van der Waals surface area contributed by atoms with Gasteiger partial charge in [0, 0.05) is 19.6 Å². The minimum Gasteiger partial charge on any atom is -0.359 e. The predicted molar refractivity (Wildman–Crippen MR) is 114 cm³/mol. The van der Waals surface area contributed by atoms with E-state index in [-0.39, 0.29) is 23.8 Å². The summed E-state index contributed by atoms with van der Waals surface area (Å²) in [6.45, 7) is 0.309. The Bertz CT molecular complexity index is 911. The maximum absolute atomic E-state index is 13.7. The van der Waals surface area contributed by atoms with Crippen LogP contribution in [-0.2, 0) is 25.7 Å². The van der Waals surface area contributed by atoms with Gasteiger partial charge in [0.2, 0.25) is 17.7 Å². The first-order chi connectivity index (χ1) is 15.0. The monoisotopic (exact) mass is 423 g/mol. The molecule has 3 amide bonds. The molecule has 0 unspecified atom stereocenters. The lowest BCUT2D eigenvalue weighted by atomic mass is 9.74. The number of nitrogens with one attached hydrogen (secondary N) is 2. The van der Waals surface area contributed by atoms with E-state index in [1.54, 1.807) is 11.9 Å². The third kappa shape index (κ3) is 3.17. The van der Waals surface area contributed by atoms with Crippen LogP contribution in [0.5, 0.6) is 0 Å². The Morgan fingerprint density at radius 2 is 1.87 bits per heavy atom. The molecule has 0 aromatic heterocycles. The second kappa shape index (κ2) is 7.79. The summed E-state index contributed by atoms with van der Waals surface area (Å²) in [5, 5.41) is 5.87. The summed E-state index contributed by atoms with van der Waals surface area (Å²) in [6.07, 6.45) is 8.55. The zero-order chi connectivity index (χ0) is 21.6. The number of nitrogens with zero attached hydrogens (tertiary/aromatic N) is 1. The van der Waals surface area contributed by atoms with Gasteiger partial charge in [-0.2, -0.15) is 0 Å². The number of hydrogen-bond donors (Lipinski definition) is 2. The highest BCUT2D eigenvalue weighted by molar-refractivity contribution is 5.99. The van der Waals surface area contributed by atoms with Crippen molar-refractivity contribution in [2.24, 2.45) is 11.8 Å². The molecule has 7 nitrogen and oxygen atoms in total. The van der Waals surface area contributed by atoms with Crippen molar-refractivity contribution >= 4 is 17.7 Å². The second-order valence-electron chi connectivity index (χ2n) is 9.11. The number of carbonyl (C=O) groups excluding carboxylic acids is 3. The van der Waals surface area contributed by atoms with Crippen LogP contribution < -0.4 is 10.6 Å². The minimum atomic E-state index is -1.09. The molecular weight excluding hydrogens is 394 g/mol. The Labute approximate surface area is 182 Å². The van der Waals surface area contributed by atoms with Gasteiger partial charge in [-0.15, -0.1) is 0 Å². The van der Waals surface area contributed by atoms with E-state index in [0.717, 1.165) is 31.2 Å². The Morgan fingerprint density at radius 3 is 2.58 bits per heavy atom. The molecule has 2 N–H and O–H groups in total. The number of benzene rings is 1. The van der Waals surface area contributed by atoms with Crippen molar-refractivity contribution in [3.05, 3.63) is 48.0 Å². The molecule has 5 rings (SSSR count). The lowest BCUT2D eigenvalue weighted by Gasteiger charge is -2.34. The quantitative estimate of drug-likeness (QED) is 0.703. The molecule has 1 spiro atoms. The van der Waals surface area contributed by atoms with Crippen LogP contribution in [0, 0.1) is 11.8 Å².